The number of nitrogens with zero attached hydrogens (tertiary/aromatic N) is 2. The van der Waals surface area contributed by atoms with Crippen LogP contribution in [0, 0.1) is 0 Å². The van der Waals surface area contributed by atoms with Crippen LogP contribution in [0.3, 0.4) is 0 Å². The zero-order chi connectivity index (χ0) is 13.2. The zero-order valence-corrected chi connectivity index (χ0v) is 11.5. The van der Waals surface area contributed by atoms with Crippen LogP contribution in [-0.4, -0.2) is 35.6 Å². The van der Waals surface area contributed by atoms with Gasteiger partial charge in [0.25, 0.3) is 5.56 Å². The van der Waals surface area contributed by atoms with Crippen molar-refractivity contribution in [3.8, 4) is 0 Å². The predicted octanol–water partition coefficient (Wildman–Crippen LogP) is 1.23. The van der Waals surface area contributed by atoms with Gasteiger partial charge in [0.05, 0.1) is 0 Å². The Balaban J connectivity index is 1.70. The fraction of sp³-hybridized carbons (Fsp3) is 0.714. The summed E-state index contributed by atoms with van der Waals surface area (Å²) in [5.41, 5.74) is -0.0132. The fourth-order valence-electron chi connectivity index (χ4n) is 2.78. The van der Waals surface area contributed by atoms with Gasteiger partial charge < -0.3 is 15.2 Å². The minimum absolute atomic E-state index is 0.0132. The number of nitrogens with one attached hydrogen (secondary N) is 2. The Morgan fingerprint density at radius 3 is 2.74 bits per heavy atom. The number of aromatic amines is 1. The van der Waals surface area contributed by atoms with Crippen LogP contribution >= 0.6 is 0 Å². The number of rotatable bonds is 4. The number of hydrogen-bond acceptors (Lipinski definition) is 4. The molecule has 1 saturated carbocycles. The maximum absolute atomic E-state index is 11.7. The van der Waals surface area contributed by atoms with E-state index >= 15 is 0 Å². The molecule has 0 radical (unpaired) electrons. The summed E-state index contributed by atoms with van der Waals surface area (Å²) in [7, 11) is 0. The molecule has 0 atom stereocenters. The van der Waals surface area contributed by atoms with Crippen LogP contribution in [0.4, 0.5) is 5.82 Å². The first-order valence-corrected chi connectivity index (χ1v) is 7.36. The average Bonchev–Trinajstić information content (AvgIpc) is 3.23. The minimum atomic E-state index is -0.0132. The Labute approximate surface area is 113 Å². The molecule has 5 nitrogen and oxygen atoms in total. The number of aromatic nitrogens is 2. The lowest BCUT2D eigenvalue weighted by Crippen LogP contribution is -2.43. The Bertz CT molecular complexity index is 486. The molecule has 0 aromatic carbocycles. The van der Waals surface area contributed by atoms with Crippen molar-refractivity contribution in [2.24, 2.45) is 0 Å². The summed E-state index contributed by atoms with van der Waals surface area (Å²) in [6, 6.07) is 2.26. The molecule has 5 heteroatoms. The minimum Gasteiger partial charge on any atom is -0.356 e. The van der Waals surface area contributed by atoms with E-state index in [0.29, 0.717) is 12.0 Å². The van der Waals surface area contributed by atoms with E-state index in [1.54, 1.807) is 6.07 Å². The number of piperidine rings is 1. The third-order valence-corrected chi connectivity index (χ3v) is 4.02. The highest BCUT2D eigenvalue weighted by Gasteiger charge is 2.27. The standard InChI is InChI=1S/C14H22N4O/c1-2-15-11-5-7-18(8-6-11)12-9-13(19)17-14(16-12)10-3-4-10/h9-11,15H,2-8H2,1H3,(H,16,17,19). The molecule has 2 fully saturated rings. The van der Waals surface area contributed by atoms with Crippen molar-refractivity contribution < 1.29 is 0 Å². The van der Waals surface area contributed by atoms with E-state index in [1.165, 1.54) is 0 Å². The average molecular weight is 262 g/mol. The van der Waals surface area contributed by atoms with Gasteiger partial charge in [0.15, 0.2) is 0 Å². The zero-order valence-electron chi connectivity index (χ0n) is 11.5. The Hall–Kier alpha value is -1.36. The normalized spacial score (nSPS) is 20.8. The van der Waals surface area contributed by atoms with Gasteiger partial charge in [0, 0.05) is 31.1 Å². The van der Waals surface area contributed by atoms with E-state index in [2.05, 4.69) is 27.1 Å². The van der Waals surface area contributed by atoms with Crippen molar-refractivity contribution in [3.63, 3.8) is 0 Å². The molecule has 104 valence electrons. The molecule has 0 spiro atoms. The van der Waals surface area contributed by atoms with E-state index in [4.69, 9.17) is 0 Å². The lowest BCUT2D eigenvalue weighted by Gasteiger charge is -2.33. The van der Waals surface area contributed by atoms with E-state index < -0.39 is 0 Å². The summed E-state index contributed by atoms with van der Waals surface area (Å²) in [6.45, 7) is 5.14. The van der Waals surface area contributed by atoms with Gasteiger partial charge in [-0.2, -0.15) is 0 Å². The molecule has 0 unspecified atom stereocenters. The molecule has 0 bridgehead atoms. The van der Waals surface area contributed by atoms with Crippen LogP contribution in [0.1, 0.15) is 44.3 Å². The van der Waals surface area contributed by atoms with Crippen molar-refractivity contribution in [2.45, 2.75) is 44.6 Å². The fourth-order valence-corrected chi connectivity index (χ4v) is 2.78. The smallest absolute Gasteiger partial charge is 0.252 e. The number of H-pyrrole nitrogens is 1. The molecular formula is C14H22N4O. The molecule has 1 saturated heterocycles. The van der Waals surface area contributed by atoms with Crippen LogP contribution in [0.2, 0.25) is 0 Å². The lowest BCUT2D eigenvalue weighted by molar-refractivity contribution is 0.422. The van der Waals surface area contributed by atoms with Crippen LogP contribution in [0.25, 0.3) is 0 Å². The summed E-state index contributed by atoms with van der Waals surface area (Å²) in [5, 5.41) is 3.49. The Kier molecular flexibility index (Phi) is 3.55. The van der Waals surface area contributed by atoms with Crippen LogP contribution in [-0.2, 0) is 0 Å². The monoisotopic (exact) mass is 262 g/mol. The van der Waals surface area contributed by atoms with Gasteiger partial charge in [0.1, 0.15) is 11.6 Å². The molecule has 2 N–H and O–H groups in total. The van der Waals surface area contributed by atoms with Gasteiger partial charge >= 0.3 is 0 Å². The van der Waals surface area contributed by atoms with E-state index in [9.17, 15) is 4.79 Å². The van der Waals surface area contributed by atoms with E-state index in [1.807, 2.05) is 0 Å². The molecule has 2 heterocycles. The van der Waals surface area contributed by atoms with Gasteiger partial charge in [-0.25, -0.2) is 4.98 Å². The van der Waals surface area contributed by atoms with Crippen molar-refractivity contribution in [3.05, 3.63) is 22.2 Å². The van der Waals surface area contributed by atoms with Crippen molar-refractivity contribution in [1.29, 1.82) is 0 Å². The van der Waals surface area contributed by atoms with Crippen molar-refractivity contribution >= 4 is 5.82 Å². The number of anilines is 1. The second-order valence-corrected chi connectivity index (χ2v) is 5.58. The quantitative estimate of drug-likeness (QED) is 0.856. The first-order chi connectivity index (χ1) is 9.26. The first-order valence-electron chi connectivity index (χ1n) is 7.36. The van der Waals surface area contributed by atoms with Gasteiger partial charge in [-0.05, 0) is 32.2 Å². The van der Waals surface area contributed by atoms with E-state index in [0.717, 1.165) is 57.0 Å². The SMILES string of the molecule is CCNC1CCN(c2cc(=O)[nH]c(C3CC3)n2)CC1. The van der Waals surface area contributed by atoms with E-state index in [-0.39, 0.29) is 5.56 Å². The highest BCUT2D eigenvalue weighted by molar-refractivity contribution is 5.38. The van der Waals surface area contributed by atoms with Crippen molar-refractivity contribution in [1.82, 2.24) is 15.3 Å². The molecule has 3 rings (SSSR count). The Morgan fingerprint density at radius 1 is 1.37 bits per heavy atom. The van der Waals surface area contributed by atoms with Gasteiger partial charge in [-0.3, -0.25) is 4.79 Å². The molecule has 1 aromatic heterocycles. The second kappa shape index (κ2) is 5.33. The van der Waals surface area contributed by atoms with Crippen molar-refractivity contribution in [2.75, 3.05) is 24.5 Å². The molecule has 1 aliphatic carbocycles. The van der Waals surface area contributed by atoms with Crippen LogP contribution < -0.4 is 15.8 Å². The predicted molar refractivity (Wildman–Crippen MR) is 75.7 cm³/mol. The second-order valence-electron chi connectivity index (χ2n) is 5.58. The molecule has 1 aliphatic heterocycles. The summed E-state index contributed by atoms with van der Waals surface area (Å²) in [4.78, 5) is 21.5. The molecule has 2 aliphatic rings. The first kappa shape index (κ1) is 12.7. The highest BCUT2D eigenvalue weighted by atomic mass is 16.1. The largest absolute Gasteiger partial charge is 0.356 e. The van der Waals surface area contributed by atoms with Gasteiger partial charge in [-0.1, -0.05) is 6.92 Å². The van der Waals surface area contributed by atoms with Crippen LogP contribution in [0.15, 0.2) is 10.9 Å². The molecule has 1 aromatic rings. The summed E-state index contributed by atoms with van der Waals surface area (Å²) >= 11 is 0. The molecule has 0 amide bonds. The van der Waals surface area contributed by atoms with Gasteiger partial charge in [-0.15, -0.1) is 0 Å². The number of hydrogen-bond donors (Lipinski definition) is 2. The summed E-state index contributed by atoms with van der Waals surface area (Å²) < 4.78 is 0. The lowest BCUT2D eigenvalue weighted by atomic mass is 10.1. The maximum atomic E-state index is 11.7. The molecular weight excluding hydrogens is 240 g/mol. The third kappa shape index (κ3) is 2.97. The summed E-state index contributed by atoms with van der Waals surface area (Å²) in [6.07, 6.45) is 4.58. The van der Waals surface area contributed by atoms with Crippen LogP contribution in [0.5, 0.6) is 0 Å². The third-order valence-electron chi connectivity index (χ3n) is 4.02. The topological polar surface area (TPSA) is 61.0 Å². The molecule has 19 heavy (non-hydrogen) atoms. The summed E-state index contributed by atoms with van der Waals surface area (Å²) in [5.74, 6) is 2.24. The maximum Gasteiger partial charge on any atom is 0.252 e. The van der Waals surface area contributed by atoms with Gasteiger partial charge in [0.2, 0.25) is 0 Å². The Morgan fingerprint density at radius 2 is 2.11 bits per heavy atom. The highest BCUT2D eigenvalue weighted by Crippen LogP contribution is 2.38.